The summed E-state index contributed by atoms with van der Waals surface area (Å²) in [4.78, 5) is 31.7. The normalized spacial score (nSPS) is 16.1. The fourth-order valence-corrected chi connectivity index (χ4v) is 4.41. The molecule has 5 rings (SSSR count). The van der Waals surface area contributed by atoms with Crippen LogP contribution in [0.1, 0.15) is 12.0 Å². The lowest BCUT2D eigenvalue weighted by atomic mass is 9.98. The molecule has 166 valence electrons. The number of rotatable bonds is 6. The number of nitrogens with zero attached hydrogens (tertiary/aromatic N) is 4. The molecule has 2 amide bonds. The molecular weight excluding hydrogens is 414 g/mol. The van der Waals surface area contributed by atoms with E-state index in [0.717, 1.165) is 27.6 Å². The quantitative estimate of drug-likeness (QED) is 0.501. The number of aryl methyl sites for hydroxylation is 1. The van der Waals surface area contributed by atoms with E-state index >= 15 is 0 Å². The van der Waals surface area contributed by atoms with Crippen molar-refractivity contribution < 1.29 is 9.59 Å². The highest BCUT2D eigenvalue weighted by Gasteiger charge is 2.32. The second-order valence-corrected chi connectivity index (χ2v) is 8.21. The Morgan fingerprint density at radius 1 is 1.03 bits per heavy atom. The van der Waals surface area contributed by atoms with E-state index in [1.165, 1.54) is 0 Å². The SMILES string of the molecule is O=C1NCCN(C(=O)CCn2ncc3ccccc32)[C@H]1Cc1cccc(-c2ccncc2)c1. The minimum Gasteiger partial charge on any atom is -0.353 e. The summed E-state index contributed by atoms with van der Waals surface area (Å²) in [6.07, 6.45) is 6.11. The molecule has 0 bridgehead atoms. The lowest BCUT2D eigenvalue weighted by molar-refractivity contribution is -0.143. The Labute approximate surface area is 192 Å². The van der Waals surface area contributed by atoms with Crippen LogP contribution in [0, 0.1) is 0 Å². The van der Waals surface area contributed by atoms with Crippen LogP contribution in [0.2, 0.25) is 0 Å². The molecule has 2 aromatic carbocycles. The predicted octanol–water partition coefficient (Wildman–Crippen LogP) is 3.06. The summed E-state index contributed by atoms with van der Waals surface area (Å²) < 4.78 is 1.85. The monoisotopic (exact) mass is 439 g/mol. The molecule has 0 spiro atoms. The highest BCUT2D eigenvalue weighted by Crippen LogP contribution is 2.22. The Hall–Kier alpha value is -4.00. The smallest absolute Gasteiger partial charge is 0.243 e. The maximum Gasteiger partial charge on any atom is 0.243 e. The van der Waals surface area contributed by atoms with E-state index in [1.54, 1.807) is 17.3 Å². The van der Waals surface area contributed by atoms with Crippen LogP contribution in [-0.2, 0) is 22.6 Å². The zero-order valence-electron chi connectivity index (χ0n) is 18.2. The van der Waals surface area contributed by atoms with Gasteiger partial charge < -0.3 is 10.2 Å². The molecule has 4 aromatic rings. The predicted molar refractivity (Wildman–Crippen MR) is 126 cm³/mol. The van der Waals surface area contributed by atoms with Gasteiger partial charge in [0.25, 0.3) is 0 Å². The maximum absolute atomic E-state index is 13.2. The first kappa shape index (κ1) is 20.9. The average molecular weight is 440 g/mol. The molecule has 0 radical (unpaired) electrons. The van der Waals surface area contributed by atoms with E-state index in [-0.39, 0.29) is 11.8 Å². The Morgan fingerprint density at radius 3 is 2.76 bits per heavy atom. The summed E-state index contributed by atoms with van der Waals surface area (Å²) in [5.74, 6) is -0.131. The van der Waals surface area contributed by atoms with Gasteiger partial charge in [-0.05, 0) is 34.9 Å². The first-order chi connectivity index (χ1) is 16.2. The van der Waals surface area contributed by atoms with Crippen molar-refractivity contribution in [3.63, 3.8) is 0 Å². The van der Waals surface area contributed by atoms with E-state index < -0.39 is 6.04 Å². The molecule has 1 fully saturated rings. The number of carbonyl (C=O) groups is 2. The molecule has 1 atom stereocenters. The standard InChI is InChI=1S/C26H25N5O2/c32-25(10-14-31-23-7-2-1-5-22(23)18-29-31)30-15-13-28-26(33)24(30)17-19-4-3-6-21(16-19)20-8-11-27-12-9-20/h1-9,11-12,16,18,24H,10,13-15,17H2,(H,28,33)/t24-/m0/s1. The van der Waals surface area contributed by atoms with Crippen LogP contribution in [0.5, 0.6) is 0 Å². The molecule has 1 N–H and O–H groups in total. The van der Waals surface area contributed by atoms with Crippen molar-refractivity contribution in [3.8, 4) is 11.1 Å². The van der Waals surface area contributed by atoms with Gasteiger partial charge in [0.2, 0.25) is 11.8 Å². The topological polar surface area (TPSA) is 80.1 Å². The van der Waals surface area contributed by atoms with Crippen LogP contribution in [-0.4, -0.2) is 50.6 Å². The first-order valence-corrected chi connectivity index (χ1v) is 11.2. The van der Waals surface area contributed by atoms with Gasteiger partial charge in [-0.1, -0.05) is 42.5 Å². The van der Waals surface area contributed by atoms with Gasteiger partial charge in [0.05, 0.1) is 18.3 Å². The number of hydrogen-bond donors (Lipinski definition) is 1. The lowest BCUT2D eigenvalue weighted by Crippen LogP contribution is -2.58. The van der Waals surface area contributed by atoms with Crippen LogP contribution >= 0.6 is 0 Å². The Balaban J connectivity index is 1.31. The molecule has 0 unspecified atom stereocenters. The molecule has 1 saturated heterocycles. The van der Waals surface area contributed by atoms with Crippen molar-refractivity contribution in [1.82, 2.24) is 25.0 Å². The molecule has 3 heterocycles. The van der Waals surface area contributed by atoms with Crippen LogP contribution in [0.15, 0.2) is 79.3 Å². The van der Waals surface area contributed by atoms with Crippen molar-refractivity contribution >= 4 is 22.7 Å². The van der Waals surface area contributed by atoms with E-state index in [1.807, 2.05) is 65.5 Å². The van der Waals surface area contributed by atoms with Crippen molar-refractivity contribution in [2.24, 2.45) is 0 Å². The number of piperazine rings is 1. The number of para-hydroxylation sites is 1. The average Bonchev–Trinajstić information content (AvgIpc) is 3.28. The highest BCUT2D eigenvalue weighted by molar-refractivity contribution is 5.89. The van der Waals surface area contributed by atoms with E-state index in [4.69, 9.17) is 0 Å². The summed E-state index contributed by atoms with van der Waals surface area (Å²) in [6.45, 7) is 1.47. The number of benzene rings is 2. The maximum atomic E-state index is 13.2. The molecule has 7 nitrogen and oxygen atoms in total. The minimum atomic E-state index is -0.520. The van der Waals surface area contributed by atoms with Gasteiger partial charge in [0.15, 0.2) is 0 Å². The second-order valence-electron chi connectivity index (χ2n) is 8.21. The van der Waals surface area contributed by atoms with Crippen molar-refractivity contribution in [1.29, 1.82) is 0 Å². The van der Waals surface area contributed by atoms with Gasteiger partial charge in [0, 0.05) is 43.7 Å². The zero-order valence-corrected chi connectivity index (χ0v) is 18.2. The van der Waals surface area contributed by atoms with E-state index in [0.29, 0.717) is 32.5 Å². The fourth-order valence-electron chi connectivity index (χ4n) is 4.41. The highest BCUT2D eigenvalue weighted by atomic mass is 16.2. The summed E-state index contributed by atoms with van der Waals surface area (Å²) in [7, 11) is 0. The number of pyridine rings is 1. The molecule has 2 aromatic heterocycles. The molecule has 0 saturated carbocycles. The van der Waals surface area contributed by atoms with Crippen LogP contribution in [0.4, 0.5) is 0 Å². The Bertz CT molecular complexity index is 1280. The summed E-state index contributed by atoms with van der Waals surface area (Å²) in [5, 5.41) is 8.38. The molecule has 7 heteroatoms. The van der Waals surface area contributed by atoms with Crippen molar-refractivity contribution in [2.45, 2.75) is 25.4 Å². The van der Waals surface area contributed by atoms with Gasteiger partial charge in [-0.3, -0.25) is 19.3 Å². The van der Waals surface area contributed by atoms with Gasteiger partial charge in [-0.2, -0.15) is 5.10 Å². The third kappa shape index (κ3) is 4.48. The first-order valence-electron chi connectivity index (χ1n) is 11.2. The van der Waals surface area contributed by atoms with E-state index in [2.05, 4.69) is 21.5 Å². The molecule has 1 aliphatic heterocycles. The van der Waals surface area contributed by atoms with Crippen LogP contribution < -0.4 is 5.32 Å². The third-order valence-electron chi connectivity index (χ3n) is 6.11. The van der Waals surface area contributed by atoms with Crippen molar-refractivity contribution in [2.75, 3.05) is 13.1 Å². The molecular formula is C26H25N5O2. The largest absolute Gasteiger partial charge is 0.353 e. The van der Waals surface area contributed by atoms with Crippen LogP contribution in [0.3, 0.4) is 0 Å². The molecule has 1 aliphatic rings. The summed E-state index contributed by atoms with van der Waals surface area (Å²) >= 11 is 0. The second kappa shape index (κ2) is 9.24. The van der Waals surface area contributed by atoms with Gasteiger partial charge in [0.1, 0.15) is 6.04 Å². The van der Waals surface area contributed by atoms with Crippen LogP contribution in [0.25, 0.3) is 22.0 Å². The number of nitrogens with one attached hydrogen (secondary N) is 1. The fraction of sp³-hybridized carbons (Fsp3) is 0.231. The van der Waals surface area contributed by atoms with E-state index in [9.17, 15) is 9.59 Å². The van der Waals surface area contributed by atoms with Crippen molar-refractivity contribution in [3.05, 3.63) is 84.8 Å². The Morgan fingerprint density at radius 2 is 1.88 bits per heavy atom. The van der Waals surface area contributed by atoms with Gasteiger partial charge in [-0.15, -0.1) is 0 Å². The number of carbonyl (C=O) groups excluding carboxylic acids is 2. The lowest BCUT2D eigenvalue weighted by Gasteiger charge is -2.35. The summed E-state index contributed by atoms with van der Waals surface area (Å²) in [5.41, 5.74) is 4.15. The van der Waals surface area contributed by atoms with Gasteiger partial charge in [-0.25, -0.2) is 0 Å². The molecule has 33 heavy (non-hydrogen) atoms. The third-order valence-corrected chi connectivity index (χ3v) is 6.11. The minimum absolute atomic E-state index is 0.0280. The zero-order chi connectivity index (χ0) is 22.6. The number of amides is 2. The number of fused-ring (bicyclic) bond motifs is 1. The van der Waals surface area contributed by atoms with Gasteiger partial charge >= 0.3 is 0 Å². The summed E-state index contributed by atoms with van der Waals surface area (Å²) in [6, 6.07) is 19.5. The Kier molecular flexibility index (Phi) is 5.85. The number of aromatic nitrogens is 3. The number of hydrogen-bond acceptors (Lipinski definition) is 4. The molecule has 0 aliphatic carbocycles.